The number of hydrogen-bond donors (Lipinski definition) is 1. The number of hydrogen-bond acceptors (Lipinski definition) is 1. The molecule has 1 heterocycles. The van der Waals surface area contributed by atoms with E-state index in [4.69, 9.17) is 5.73 Å². The van der Waals surface area contributed by atoms with Crippen molar-refractivity contribution in [2.75, 3.05) is 0 Å². The molecule has 0 aliphatic carbocycles. The molecule has 1 amide bonds. The summed E-state index contributed by atoms with van der Waals surface area (Å²) >= 11 is 0. The minimum atomic E-state index is -0.408. The van der Waals surface area contributed by atoms with Gasteiger partial charge in [0.25, 0.3) is 0 Å². The van der Waals surface area contributed by atoms with Crippen molar-refractivity contribution in [3.63, 3.8) is 0 Å². The molecule has 2 N–H and O–H groups in total. The molecule has 0 saturated carbocycles. The second-order valence-corrected chi connectivity index (χ2v) is 6.45. The summed E-state index contributed by atoms with van der Waals surface area (Å²) in [6.07, 6.45) is 0. The van der Waals surface area contributed by atoms with Gasteiger partial charge in [-0.25, -0.2) is 0 Å². The van der Waals surface area contributed by atoms with Gasteiger partial charge in [-0.05, 0) is 54.8 Å². The van der Waals surface area contributed by atoms with E-state index < -0.39 is 5.91 Å². The quantitative estimate of drug-likeness (QED) is 0.597. The van der Waals surface area contributed by atoms with Crippen LogP contribution in [-0.4, -0.2) is 10.5 Å². The van der Waals surface area contributed by atoms with Gasteiger partial charge in [-0.3, -0.25) is 4.79 Å². The summed E-state index contributed by atoms with van der Waals surface area (Å²) in [4.78, 5) is 11.9. The van der Waals surface area contributed by atoms with Crippen molar-refractivity contribution < 1.29 is 4.79 Å². The molecule has 25 heavy (non-hydrogen) atoms. The van der Waals surface area contributed by atoms with Crippen molar-refractivity contribution in [3.8, 4) is 0 Å². The summed E-state index contributed by atoms with van der Waals surface area (Å²) < 4.78 is 2.25. The van der Waals surface area contributed by atoms with Crippen LogP contribution in [0.25, 0.3) is 21.8 Å². The number of nitrogens with two attached hydrogens (primary N) is 1. The monoisotopic (exact) mass is 327 g/mol. The largest absolute Gasteiger partial charge is 0.366 e. The highest BCUT2D eigenvalue weighted by Gasteiger charge is 2.17. The lowest BCUT2D eigenvalue weighted by molar-refractivity contribution is 0.100. The average Bonchev–Trinajstić information content (AvgIpc) is 2.92. The molecule has 0 unspecified atom stereocenters. The van der Waals surface area contributed by atoms with Gasteiger partial charge in [-0.15, -0.1) is 0 Å². The number of aromatic nitrogens is 1. The topological polar surface area (TPSA) is 48.0 Å². The van der Waals surface area contributed by atoms with Gasteiger partial charge >= 0.3 is 0 Å². The number of carbonyl (C=O) groups excluding carboxylic acids is 1. The van der Waals surface area contributed by atoms with E-state index in [1.54, 1.807) is 6.07 Å². The number of nitrogens with zero attached hydrogens (tertiary/aromatic N) is 1. The van der Waals surface area contributed by atoms with Gasteiger partial charge in [-0.2, -0.15) is 0 Å². The maximum atomic E-state index is 11.9. The third kappa shape index (κ3) is 2.40. The summed E-state index contributed by atoms with van der Waals surface area (Å²) in [6.45, 7) is 5.02. The Kier molecular flexibility index (Phi) is 3.57. The first-order valence-corrected chi connectivity index (χ1v) is 8.34. The summed E-state index contributed by atoms with van der Waals surface area (Å²) in [6, 6.07) is 21.3. The number of carbonyl (C=O) groups is 1. The van der Waals surface area contributed by atoms with Crippen molar-refractivity contribution in [2.45, 2.75) is 20.4 Å². The lowest BCUT2D eigenvalue weighted by atomic mass is 10.0. The molecule has 0 aliphatic heterocycles. The highest BCUT2D eigenvalue weighted by atomic mass is 16.1. The minimum Gasteiger partial charge on any atom is -0.366 e. The van der Waals surface area contributed by atoms with Gasteiger partial charge in [0.15, 0.2) is 0 Å². The van der Waals surface area contributed by atoms with Crippen LogP contribution in [0.5, 0.6) is 0 Å². The molecule has 0 aliphatic rings. The van der Waals surface area contributed by atoms with Crippen LogP contribution in [0, 0.1) is 19.9 Å². The standard InChI is InChI=1S/C22H19N2O/c1-14-7-5-8-15(2)18(14)13-24-19-11-4-3-9-16(19)21-17(22(23)25)10-6-12-20(21)24/h3-8,10-12H,13H2,1-2H3,(H2,23,25). The molecule has 0 fully saturated rings. The Bertz CT molecular complexity index is 1100. The molecule has 4 aromatic rings. The minimum absolute atomic E-state index is 0.408. The van der Waals surface area contributed by atoms with E-state index in [-0.39, 0.29) is 0 Å². The zero-order valence-electron chi connectivity index (χ0n) is 14.3. The smallest absolute Gasteiger partial charge is 0.249 e. The van der Waals surface area contributed by atoms with Crippen LogP contribution >= 0.6 is 0 Å². The Morgan fingerprint density at radius 1 is 1.00 bits per heavy atom. The van der Waals surface area contributed by atoms with Crippen molar-refractivity contribution in [1.29, 1.82) is 0 Å². The maximum absolute atomic E-state index is 11.9. The number of benzene rings is 3. The van der Waals surface area contributed by atoms with Gasteiger partial charge in [-0.1, -0.05) is 36.4 Å². The summed E-state index contributed by atoms with van der Waals surface area (Å²) in [5.41, 5.74) is 12.1. The second kappa shape index (κ2) is 5.78. The van der Waals surface area contributed by atoms with Gasteiger partial charge in [0.05, 0.1) is 11.0 Å². The third-order valence-electron chi connectivity index (χ3n) is 4.93. The van der Waals surface area contributed by atoms with Gasteiger partial charge in [0.1, 0.15) is 0 Å². The van der Waals surface area contributed by atoms with Gasteiger partial charge < -0.3 is 10.3 Å². The van der Waals surface area contributed by atoms with Crippen molar-refractivity contribution in [1.82, 2.24) is 4.57 Å². The predicted molar refractivity (Wildman–Crippen MR) is 102 cm³/mol. The van der Waals surface area contributed by atoms with E-state index in [2.05, 4.69) is 48.7 Å². The Morgan fingerprint density at radius 2 is 1.68 bits per heavy atom. The van der Waals surface area contributed by atoms with Crippen LogP contribution in [0.2, 0.25) is 0 Å². The molecule has 1 radical (unpaired) electrons. The van der Waals surface area contributed by atoms with E-state index in [0.717, 1.165) is 28.4 Å². The first-order valence-electron chi connectivity index (χ1n) is 8.34. The Labute approximate surface area is 146 Å². The molecule has 0 bridgehead atoms. The highest BCUT2D eigenvalue weighted by molar-refractivity contribution is 6.17. The maximum Gasteiger partial charge on any atom is 0.249 e. The third-order valence-corrected chi connectivity index (χ3v) is 4.93. The van der Waals surface area contributed by atoms with Crippen molar-refractivity contribution in [3.05, 3.63) is 82.9 Å². The summed E-state index contributed by atoms with van der Waals surface area (Å²) in [5, 5.41) is 1.83. The molecular formula is C22H19N2O. The molecular weight excluding hydrogens is 308 g/mol. The number of aryl methyl sites for hydroxylation is 2. The summed E-state index contributed by atoms with van der Waals surface area (Å²) in [7, 11) is 0. The van der Waals surface area contributed by atoms with Crippen molar-refractivity contribution in [2.24, 2.45) is 5.73 Å². The van der Waals surface area contributed by atoms with Crippen LogP contribution in [0.1, 0.15) is 27.0 Å². The SMILES string of the molecule is Cc1cccc(C)c1Cn1c2ccc[c]c2c2c(C(N)=O)cccc21. The van der Waals surface area contributed by atoms with Gasteiger partial charge in [0, 0.05) is 22.9 Å². The van der Waals surface area contributed by atoms with E-state index in [1.165, 1.54) is 16.7 Å². The zero-order chi connectivity index (χ0) is 17.6. The Balaban J connectivity index is 2.06. The molecule has 0 saturated heterocycles. The van der Waals surface area contributed by atoms with Crippen LogP contribution in [0.4, 0.5) is 0 Å². The zero-order valence-corrected chi connectivity index (χ0v) is 14.3. The molecule has 0 spiro atoms. The molecule has 3 nitrogen and oxygen atoms in total. The van der Waals surface area contributed by atoms with Crippen LogP contribution in [-0.2, 0) is 6.54 Å². The van der Waals surface area contributed by atoms with E-state index in [0.29, 0.717) is 5.56 Å². The molecule has 3 aromatic carbocycles. The molecule has 0 atom stereocenters. The predicted octanol–water partition coefficient (Wildman–Crippen LogP) is 4.36. The lowest BCUT2D eigenvalue weighted by Crippen LogP contribution is -2.11. The van der Waals surface area contributed by atoms with E-state index in [9.17, 15) is 4.79 Å². The molecule has 123 valence electrons. The highest BCUT2D eigenvalue weighted by Crippen LogP contribution is 2.32. The number of rotatable bonds is 3. The Morgan fingerprint density at radius 3 is 2.40 bits per heavy atom. The van der Waals surface area contributed by atoms with Crippen LogP contribution in [0.3, 0.4) is 0 Å². The fourth-order valence-corrected chi connectivity index (χ4v) is 3.64. The Hall–Kier alpha value is -3.07. The number of primary amides is 1. The number of amides is 1. The average molecular weight is 327 g/mol. The van der Waals surface area contributed by atoms with E-state index >= 15 is 0 Å². The van der Waals surface area contributed by atoms with E-state index in [1.807, 2.05) is 24.3 Å². The van der Waals surface area contributed by atoms with Crippen LogP contribution in [0.15, 0.2) is 54.6 Å². The molecule has 3 heteroatoms. The van der Waals surface area contributed by atoms with Gasteiger partial charge in [0.2, 0.25) is 5.91 Å². The fourth-order valence-electron chi connectivity index (χ4n) is 3.64. The first kappa shape index (κ1) is 15.5. The first-order chi connectivity index (χ1) is 12.1. The second-order valence-electron chi connectivity index (χ2n) is 6.45. The molecule has 1 aromatic heterocycles. The fraction of sp³-hybridized carbons (Fsp3) is 0.136. The molecule has 4 rings (SSSR count). The van der Waals surface area contributed by atoms with Crippen molar-refractivity contribution >= 4 is 27.7 Å². The van der Waals surface area contributed by atoms with Crippen LogP contribution < -0.4 is 5.73 Å². The number of fused-ring (bicyclic) bond motifs is 3. The summed E-state index contributed by atoms with van der Waals surface area (Å²) in [5.74, 6) is -0.408. The lowest BCUT2D eigenvalue weighted by Gasteiger charge is -2.13. The normalized spacial score (nSPS) is 11.3.